The number of carbonyl (C=O) groups excluding carboxylic acids is 2. The second kappa shape index (κ2) is 9.48. The van der Waals surface area contributed by atoms with Gasteiger partial charge >= 0.3 is 0 Å². The van der Waals surface area contributed by atoms with Crippen molar-refractivity contribution in [2.24, 2.45) is 0 Å². The van der Waals surface area contributed by atoms with E-state index in [9.17, 15) is 19.1 Å². The summed E-state index contributed by atoms with van der Waals surface area (Å²) in [7, 11) is 0. The van der Waals surface area contributed by atoms with Crippen LogP contribution in [0.1, 0.15) is 22.7 Å². The Morgan fingerprint density at radius 2 is 1.88 bits per heavy atom. The molecule has 0 bridgehead atoms. The molecular formula is C26H21FN2O4. The number of benzene rings is 2. The fraction of sp³-hybridized carbons (Fsp3) is 0.115. The number of ketones is 1. The van der Waals surface area contributed by atoms with Crippen molar-refractivity contribution in [3.63, 3.8) is 0 Å². The summed E-state index contributed by atoms with van der Waals surface area (Å²) in [5.74, 6) is -2.48. The van der Waals surface area contributed by atoms with E-state index >= 15 is 0 Å². The molecule has 4 rings (SSSR count). The maximum atomic E-state index is 14.8. The van der Waals surface area contributed by atoms with Crippen molar-refractivity contribution in [2.45, 2.75) is 12.6 Å². The SMILES string of the molecule is C=CCOc1ccc(/C([O-])=C2\C(=O)C(=O)N(Cc3ccc[nH+]c3)C2c2ccccc2F)cc1. The highest BCUT2D eigenvalue weighted by Crippen LogP contribution is 2.40. The van der Waals surface area contributed by atoms with Crippen molar-refractivity contribution in [1.29, 1.82) is 0 Å². The number of carbonyl (C=O) groups is 2. The fourth-order valence-corrected chi connectivity index (χ4v) is 3.79. The minimum absolute atomic E-state index is 0.0338. The number of ether oxygens (including phenoxy) is 1. The Bertz CT molecular complexity index is 1220. The van der Waals surface area contributed by atoms with Crippen molar-refractivity contribution in [1.82, 2.24) is 4.90 Å². The molecule has 166 valence electrons. The molecular weight excluding hydrogens is 423 g/mol. The molecule has 0 saturated carbocycles. The number of hydrogen-bond donors (Lipinski definition) is 0. The van der Waals surface area contributed by atoms with Gasteiger partial charge in [0.25, 0.3) is 5.91 Å². The molecule has 6 nitrogen and oxygen atoms in total. The number of nitrogens with one attached hydrogen (secondary N) is 1. The molecule has 0 spiro atoms. The third-order valence-electron chi connectivity index (χ3n) is 5.34. The van der Waals surface area contributed by atoms with Gasteiger partial charge in [-0.05, 0) is 29.8 Å². The Labute approximate surface area is 190 Å². The van der Waals surface area contributed by atoms with Gasteiger partial charge < -0.3 is 14.7 Å². The number of H-pyrrole nitrogens is 1. The van der Waals surface area contributed by atoms with Gasteiger partial charge in [0.05, 0.1) is 12.6 Å². The first kappa shape index (κ1) is 22.0. The fourth-order valence-electron chi connectivity index (χ4n) is 3.79. The van der Waals surface area contributed by atoms with Gasteiger partial charge in [0, 0.05) is 22.8 Å². The maximum Gasteiger partial charge on any atom is 0.295 e. The molecule has 0 aliphatic carbocycles. The first-order valence-corrected chi connectivity index (χ1v) is 10.3. The van der Waals surface area contributed by atoms with Crippen molar-refractivity contribution in [2.75, 3.05) is 6.61 Å². The predicted octanol–water partition coefficient (Wildman–Crippen LogP) is 2.63. The second-order valence-electron chi connectivity index (χ2n) is 7.46. The molecule has 1 fully saturated rings. The molecule has 2 aromatic carbocycles. The standard InChI is InChI=1S/C26H21FN2O4/c1-2-14-33-19-11-9-18(10-12-19)24(30)22-23(20-7-3-4-8-21(20)27)29(26(32)25(22)31)16-17-6-5-13-28-15-17/h2-13,15,23,30H,1,14,16H2/b24-22+. The van der Waals surface area contributed by atoms with Crippen LogP contribution in [0.25, 0.3) is 5.76 Å². The van der Waals surface area contributed by atoms with Crippen LogP contribution in [0.15, 0.2) is 91.3 Å². The molecule has 1 saturated heterocycles. The van der Waals surface area contributed by atoms with E-state index in [1.165, 1.54) is 35.2 Å². The lowest BCUT2D eigenvalue weighted by molar-refractivity contribution is -0.378. The van der Waals surface area contributed by atoms with Crippen LogP contribution in [0, 0.1) is 5.82 Å². The highest BCUT2D eigenvalue weighted by atomic mass is 19.1. The normalized spacial score (nSPS) is 17.2. The number of nitrogens with zero attached hydrogens (tertiary/aromatic N) is 1. The van der Waals surface area contributed by atoms with Gasteiger partial charge in [-0.25, -0.2) is 9.37 Å². The number of pyridine rings is 1. The monoisotopic (exact) mass is 444 g/mol. The van der Waals surface area contributed by atoms with E-state index in [4.69, 9.17) is 4.74 Å². The third kappa shape index (κ3) is 4.39. The Hall–Kier alpha value is -4.26. The molecule has 3 aromatic rings. The number of hydrogen-bond acceptors (Lipinski definition) is 4. The van der Waals surface area contributed by atoms with E-state index in [-0.39, 0.29) is 23.2 Å². The smallest absolute Gasteiger partial charge is 0.295 e. The lowest BCUT2D eigenvalue weighted by Crippen LogP contribution is -2.30. The zero-order valence-corrected chi connectivity index (χ0v) is 17.7. The molecule has 1 aliphatic heterocycles. The molecule has 1 amide bonds. The molecule has 1 aromatic heterocycles. The third-order valence-corrected chi connectivity index (χ3v) is 5.34. The number of aromatic amines is 1. The molecule has 1 aliphatic rings. The van der Waals surface area contributed by atoms with Gasteiger partial charge in [-0.15, -0.1) is 0 Å². The Morgan fingerprint density at radius 1 is 1.12 bits per heavy atom. The van der Waals surface area contributed by atoms with Crippen molar-refractivity contribution in [3.8, 4) is 5.75 Å². The van der Waals surface area contributed by atoms with Crippen LogP contribution in [0.5, 0.6) is 5.75 Å². The van der Waals surface area contributed by atoms with Gasteiger partial charge in [-0.1, -0.05) is 48.7 Å². The van der Waals surface area contributed by atoms with Crippen LogP contribution in [0.2, 0.25) is 0 Å². The molecule has 1 atom stereocenters. The van der Waals surface area contributed by atoms with Crippen LogP contribution in [-0.4, -0.2) is 23.2 Å². The van der Waals surface area contributed by atoms with E-state index in [1.807, 2.05) is 0 Å². The lowest BCUT2D eigenvalue weighted by Gasteiger charge is -2.27. The van der Waals surface area contributed by atoms with E-state index < -0.39 is 29.3 Å². The average molecular weight is 444 g/mol. The molecule has 0 radical (unpaired) electrons. The van der Waals surface area contributed by atoms with Gasteiger partial charge in [0.15, 0.2) is 12.4 Å². The first-order valence-electron chi connectivity index (χ1n) is 10.3. The van der Waals surface area contributed by atoms with Crippen molar-refractivity contribution >= 4 is 17.4 Å². The Kier molecular flexibility index (Phi) is 6.31. The largest absolute Gasteiger partial charge is 0.872 e. The Balaban J connectivity index is 1.81. The van der Waals surface area contributed by atoms with E-state index in [0.29, 0.717) is 17.9 Å². The summed E-state index contributed by atoms with van der Waals surface area (Å²) in [6.07, 6.45) is 4.98. The van der Waals surface area contributed by atoms with Crippen molar-refractivity contribution < 1.29 is 28.8 Å². The molecule has 7 heteroatoms. The number of likely N-dealkylation sites (tertiary alicyclic amines) is 1. The van der Waals surface area contributed by atoms with E-state index in [0.717, 1.165) is 0 Å². The van der Waals surface area contributed by atoms with E-state index in [1.54, 1.807) is 48.8 Å². The van der Waals surface area contributed by atoms with Gasteiger partial charge in [0.1, 0.15) is 18.2 Å². The van der Waals surface area contributed by atoms with Crippen molar-refractivity contribution in [3.05, 3.63) is 114 Å². The summed E-state index contributed by atoms with van der Waals surface area (Å²) < 4.78 is 20.2. The number of rotatable bonds is 7. The van der Waals surface area contributed by atoms with Crippen LogP contribution < -0.4 is 14.8 Å². The van der Waals surface area contributed by atoms with Gasteiger partial charge in [-0.3, -0.25) is 9.59 Å². The number of amides is 1. The quantitative estimate of drug-likeness (QED) is 0.243. The predicted molar refractivity (Wildman–Crippen MR) is 117 cm³/mol. The minimum atomic E-state index is -1.14. The molecule has 2 heterocycles. The highest BCUT2D eigenvalue weighted by molar-refractivity contribution is 6.46. The second-order valence-corrected chi connectivity index (χ2v) is 7.46. The summed E-state index contributed by atoms with van der Waals surface area (Å²) in [6, 6.07) is 14.4. The van der Waals surface area contributed by atoms with Gasteiger partial charge in [-0.2, -0.15) is 0 Å². The number of Topliss-reactive ketones (excluding diaryl/α,β-unsaturated/α-hetero) is 1. The molecule has 33 heavy (non-hydrogen) atoms. The topological polar surface area (TPSA) is 83.8 Å². The highest BCUT2D eigenvalue weighted by Gasteiger charge is 2.45. The van der Waals surface area contributed by atoms with Gasteiger partial charge in [0.2, 0.25) is 5.78 Å². The zero-order valence-electron chi connectivity index (χ0n) is 17.7. The van der Waals surface area contributed by atoms with Crippen LogP contribution in [0.4, 0.5) is 4.39 Å². The Morgan fingerprint density at radius 3 is 2.55 bits per heavy atom. The summed E-state index contributed by atoms with van der Waals surface area (Å²) in [6.45, 7) is 3.92. The summed E-state index contributed by atoms with van der Waals surface area (Å²) in [5.41, 5.74) is 0.724. The lowest BCUT2D eigenvalue weighted by atomic mass is 9.94. The average Bonchev–Trinajstić information content (AvgIpc) is 3.08. The summed E-state index contributed by atoms with van der Waals surface area (Å²) in [4.78, 5) is 30.1. The van der Waals surface area contributed by atoms with Crippen LogP contribution in [0.3, 0.4) is 0 Å². The minimum Gasteiger partial charge on any atom is -0.872 e. The summed E-state index contributed by atoms with van der Waals surface area (Å²) >= 11 is 0. The van der Waals surface area contributed by atoms with Crippen LogP contribution in [-0.2, 0) is 16.1 Å². The maximum absolute atomic E-state index is 14.8. The molecule has 1 unspecified atom stereocenters. The molecule has 1 N–H and O–H groups in total. The first-order chi connectivity index (χ1) is 16.0. The summed E-state index contributed by atoms with van der Waals surface area (Å²) in [5, 5.41) is 13.4. The van der Waals surface area contributed by atoms with Crippen LogP contribution >= 0.6 is 0 Å². The van der Waals surface area contributed by atoms with E-state index in [2.05, 4.69) is 11.6 Å². The zero-order chi connectivity index (χ0) is 23.4. The number of aromatic nitrogens is 1. The number of halogens is 1.